The molecule has 2 N–H and O–H groups in total. The predicted octanol–water partition coefficient (Wildman–Crippen LogP) is 3.44. The summed E-state index contributed by atoms with van der Waals surface area (Å²) in [6.45, 7) is 6.25. The van der Waals surface area contributed by atoms with Crippen LogP contribution < -0.4 is 5.73 Å². The third kappa shape index (κ3) is 3.66. The molecule has 0 saturated carbocycles. The highest BCUT2D eigenvalue weighted by molar-refractivity contribution is 7.07. The molecule has 0 radical (unpaired) electrons. The van der Waals surface area contributed by atoms with Gasteiger partial charge in [-0.05, 0) is 53.1 Å². The fraction of sp³-hybridized carbons (Fsp3) is 0.438. The van der Waals surface area contributed by atoms with Crippen molar-refractivity contribution in [2.75, 3.05) is 6.54 Å². The molecule has 0 spiro atoms. The first-order valence-electron chi connectivity index (χ1n) is 7.16. The first-order valence-corrected chi connectivity index (χ1v) is 8.11. The largest absolute Gasteiger partial charge is 0.326 e. The maximum atomic E-state index is 6.39. The fourth-order valence-corrected chi connectivity index (χ4v) is 3.21. The highest BCUT2D eigenvalue weighted by atomic mass is 32.1. The van der Waals surface area contributed by atoms with Gasteiger partial charge in [0.2, 0.25) is 0 Å². The van der Waals surface area contributed by atoms with Crippen molar-refractivity contribution in [3.05, 3.63) is 52.5 Å². The van der Waals surface area contributed by atoms with Crippen LogP contribution in [0.4, 0.5) is 0 Å². The van der Waals surface area contributed by atoms with Crippen molar-refractivity contribution in [3.8, 4) is 0 Å². The van der Waals surface area contributed by atoms with Crippen LogP contribution in [0.25, 0.3) is 0 Å². The lowest BCUT2D eigenvalue weighted by atomic mass is 9.98. The summed E-state index contributed by atoms with van der Waals surface area (Å²) in [6.07, 6.45) is 4.68. The van der Waals surface area contributed by atoms with Gasteiger partial charge in [-0.1, -0.05) is 13.8 Å². The van der Waals surface area contributed by atoms with E-state index in [1.54, 1.807) is 11.3 Å². The van der Waals surface area contributed by atoms with Gasteiger partial charge in [0.15, 0.2) is 0 Å². The van der Waals surface area contributed by atoms with E-state index in [2.05, 4.69) is 52.7 Å². The van der Waals surface area contributed by atoms with Crippen molar-refractivity contribution in [2.24, 2.45) is 5.73 Å². The van der Waals surface area contributed by atoms with Crippen molar-refractivity contribution >= 4 is 11.3 Å². The first-order chi connectivity index (χ1) is 9.76. The summed E-state index contributed by atoms with van der Waals surface area (Å²) in [4.78, 5) is 6.53. The molecule has 20 heavy (non-hydrogen) atoms. The smallest absolute Gasteiger partial charge is 0.0510 e. The van der Waals surface area contributed by atoms with Crippen molar-refractivity contribution in [1.29, 1.82) is 0 Å². The number of hydrogen-bond donors (Lipinski definition) is 1. The highest BCUT2D eigenvalue weighted by Gasteiger charge is 2.25. The minimum absolute atomic E-state index is 0.159. The zero-order valence-electron chi connectivity index (χ0n) is 12.2. The van der Waals surface area contributed by atoms with Crippen molar-refractivity contribution < 1.29 is 0 Å². The molecule has 0 aliphatic heterocycles. The molecule has 0 fully saturated rings. The van der Waals surface area contributed by atoms with Crippen LogP contribution in [0.1, 0.15) is 37.4 Å². The Morgan fingerprint density at radius 2 is 2.00 bits per heavy atom. The Morgan fingerprint density at radius 1 is 1.25 bits per heavy atom. The van der Waals surface area contributed by atoms with Gasteiger partial charge < -0.3 is 5.73 Å². The summed E-state index contributed by atoms with van der Waals surface area (Å²) in [5.74, 6) is 0. The molecule has 0 saturated heterocycles. The number of aromatic nitrogens is 1. The Morgan fingerprint density at radius 3 is 2.55 bits per heavy atom. The summed E-state index contributed by atoms with van der Waals surface area (Å²) in [7, 11) is 0. The minimum Gasteiger partial charge on any atom is -0.326 e. The number of rotatable bonds is 7. The minimum atomic E-state index is 0.159. The summed E-state index contributed by atoms with van der Waals surface area (Å²) in [5, 5.41) is 4.35. The zero-order valence-corrected chi connectivity index (χ0v) is 13.0. The summed E-state index contributed by atoms with van der Waals surface area (Å²) < 4.78 is 0. The maximum absolute atomic E-state index is 6.39. The normalized spacial score (nSPS) is 14.4. The lowest BCUT2D eigenvalue weighted by molar-refractivity contribution is 0.169. The van der Waals surface area contributed by atoms with Gasteiger partial charge in [-0.15, -0.1) is 0 Å². The highest BCUT2D eigenvalue weighted by Crippen LogP contribution is 2.28. The molecule has 108 valence electrons. The van der Waals surface area contributed by atoms with Crippen LogP contribution >= 0.6 is 11.3 Å². The van der Waals surface area contributed by atoms with E-state index >= 15 is 0 Å². The van der Waals surface area contributed by atoms with Crippen LogP contribution in [0, 0.1) is 0 Å². The Hall–Kier alpha value is -1.23. The second-order valence-corrected chi connectivity index (χ2v) is 5.77. The predicted molar refractivity (Wildman–Crippen MR) is 85.6 cm³/mol. The molecule has 2 rings (SSSR count). The lowest BCUT2D eigenvalue weighted by Crippen LogP contribution is -2.40. The van der Waals surface area contributed by atoms with E-state index in [-0.39, 0.29) is 12.1 Å². The number of hydrogen-bond acceptors (Lipinski definition) is 4. The zero-order chi connectivity index (χ0) is 14.4. The monoisotopic (exact) mass is 289 g/mol. The molecule has 2 atom stereocenters. The van der Waals surface area contributed by atoms with Crippen molar-refractivity contribution in [2.45, 2.75) is 38.9 Å². The van der Waals surface area contributed by atoms with Crippen LogP contribution in [0.2, 0.25) is 0 Å². The summed E-state index contributed by atoms with van der Waals surface area (Å²) in [5.41, 5.74) is 9.01. The maximum Gasteiger partial charge on any atom is 0.0510 e. The second-order valence-electron chi connectivity index (χ2n) is 4.99. The SMILES string of the molecule is CCC(N)C(c1ccsc1)N(CC)Cc1ccncc1. The Kier molecular flexibility index (Phi) is 5.71. The van der Waals surface area contributed by atoms with Gasteiger partial charge >= 0.3 is 0 Å². The van der Waals surface area contributed by atoms with Gasteiger partial charge in [0.05, 0.1) is 6.04 Å². The molecule has 0 aliphatic carbocycles. The number of thiophene rings is 1. The third-order valence-electron chi connectivity index (χ3n) is 3.70. The van der Waals surface area contributed by atoms with E-state index in [0.29, 0.717) is 0 Å². The first kappa shape index (κ1) is 15.2. The molecule has 2 aromatic heterocycles. The topological polar surface area (TPSA) is 42.1 Å². The van der Waals surface area contributed by atoms with E-state index in [4.69, 9.17) is 5.73 Å². The summed E-state index contributed by atoms with van der Waals surface area (Å²) >= 11 is 1.74. The van der Waals surface area contributed by atoms with E-state index in [9.17, 15) is 0 Å². The summed E-state index contributed by atoms with van der Waals surface area (Å²) in [6, 6.07) is 6.78. The average Bonchev–Trinajstić information content (AvgIpc) is 3.01. The molecule has 2 aromatic rings. The Balaban J connectivity index is 2.21. The number of nitrogens with zero attached hydrogens (tertiary/aromatic N) is 2. The molecular formula is C16H23N3S. The van der Waals surface area contributed by atoms with Crippen LogP contribution in [-0.2, 0) is 6.54 Å². The van der Waals surface area contributed by atoms with E-state index < -0.39 is 0 Å². The van der Waals surface area contributed by atoms with E-state index in [0.717, 1.165) is 19.5 Å². The van der Waals surface area contributed by atoms with Gasteiger partial charge in [0.1, 0.15) is 0 Å². The third-order valence-corrected chi connectivity index (χ3v) is 4.40. The fourth-order valence-electron chi connectivity index (χ4n) is 2.52. The molecular weight excluding hydrogens is 266 g/mol. The van der Waals surface area contributed by atoms with Crippen LogP contribution in [-0.4, -0.2) is 22.5 Å². The van der Waals surface area contributed by atoms with Crippen molar-refractivity contribution in [3.63, 3.8) is 0 Å². The van der Waals surface area contributed by atoms with Gasteiger partial charge in [0.25, 0.3) is 0 Å². The van der Waals surface area contributed by atoms with Crippen LogP contribution in [0.3, 0.4) is 0 Å². The Labute approximate surface area is 125 Å². The lowest BCUT2D eigenvalue weighted by Gasteiger charge is -2.34. The molecule has 0 aromatic carbocycles. The second kappa shape index (κ2) is 7.53. The molecule has 0 bridgehead atoms. The van der Waals surface area contributed by atoms with Crippen LogP contribution in [0.15, 0.2) is 41.4 Å². The van der Waals surface area contributed by atoms with Gasteiger partial charge in [-0.25, -0.2) is 0 Å². The Bertz CT molecular complexity index is 484. The van der Waals surface area contributed by atoms with E-state index in [1.807, 2.05) is 12.4 Å². The number of likely N-dealkylation sites (N-methyl/N-ethyl adjacent to an activating group) is 1. The standard InChI is InChI=1S/C16H23N3S/c1-3-15(17)16(14-7-10-20-12-14)19(4-2)11-13-5-8-18-9-6-13/h5-10,12,15-16H,3-4,11,17H2,1-2H3. The van der Waals surface area contributed by atoms with Gasteiger partial charge in [0, 0.05) is 25.0 Å². The molecule has 2 unspecified atom stereocenters. The number of nitrogens with two attached hydrogens (primary N) is 1. The van der Waals surface area contributed by atoms with Gasteiger partial charge in [-0.3, -0.25) is 9.88 Å². The molecule has 0 aliphatic rings. The quantitative estimate of drug-likeness (QED) is 0.849. The van der Waals surface area contributed by atoms with Crippen molar-refractivity contribution in [1.82, 2.24) is 9.88 Å². The van der Waals surface area contributed by atoms with E-state index in [1.165, 1.54) is 11.1 Å². The van der Waals surface area contributed by atoms with Gasteiger partial charge in [-0.2, -0.15) is 11.3 Å². The number of pyridine rings is 1. The molecule has 0 amide bonds. The van der Waals surface area contributed by atoms with Crippen LogP contribution in [0.5, 0.6) is 0 Å². The molecule has 2 heterocycles. The molecule has 3 nitrogen and oxygen atoms in total. The molecule has 4 heteroatoms. The average molecular weight is 289 g/mol.